The van der Waals surface area contributed by atoms with E-state index in [-0.39, 0.29) is 11.0 Å². The monoisotopic (exact) mass is 483 g/mol. The van der Waals surface area contributed by atoms with Crippen molar-refractivity contribution in [2.24, 2.45) is 5.73 Å². The molecule has 0 unspecified atom stereocenters. The van der Waals surface area contributed by atoms with Gasteiger partial charge < -0.3 is 20.5 Å². The average Bonchev–Trinajstić information content (AvgIpc) is 3.12. The molecule has 0 saturated heterocycles. The van der Waals surface area contributed by atoms with Crippen molar-refractivity contribution in [3.63, 3.8) is 0 Å². The highest BCUT2D eigenvalue weighted by molar-refractivity contribution is 7.80. The quantitative estimate of drug-likeness (QED) is 0.310. The molecule has 0 aliphatic heterocycles. The van der Waals surface area contributed by atoms with Crippen molar-refractivity contribution in [1.82, 2.24) is 5.32 Å². The number of nitrogens with one attached hydrogen (secondary N) is 2. The van der Waals surface area contributed by atoms with Gasteiger partial charge in [-0.25, -0.2) is 0 Å². The van der Waals surface area contributed by atoms with Crippen molar-refractivity contribution >= 4 is 45.5 Å². The first-order chi connectivity index (χ1) is 15.9. The summed E-state index contributed by atoms with van der Waals surface area (Å²) in [6.45, 7) is 4.65. The van der Waals surface area contributed by atoms with Gasteiger partial charge in [-0.15, -0.1) is 11.3 Å². The van der Waals surface area contributed by atoms with Crippen molar-refractivity contribution in [3.05, 3.63) is 76.2 Å². The summed E-state index contributed by atoms with van der Waals surface area (Å²) in [6, 6.07) is 16.2. The Morgan fingerprint density at radius 2 is 1.61 bits per heavy atom. The lowest BCUT2D eigenvalue weighted by Crippen LogP contribution is -2.34. The molecule has 0 aliphatic carbocycles. The zero-order valence-electron chi connectivity index (χ0n) is 18.3. The molecule has 4 N–H and O–H groups in total. The number of ether oxygens (including phenoxy) is 2. The van der Waals surface area contributed by atoms with Gasteiger partial charge in [-0.05, 0) is 67.5 Å². The third kappa shape index (κ3) is 6.53. The number of primary amides is 1. The highest BCUT2D eigenvalue weighted by Crippen LogP contribution is 2.33. The second kappa shape index (κ2) is 11.4. The molecule has 1 aromatic heterocycles. The van der Waals surface area contributed by atoms with E-state index in [1.807, 2.05) is 44.2 Å². The zero-order valence-corrected chi connectivity index (χ0v) is 20.0. The van der Waals surface area contributed by atoms with Crippen LogP contribution in [-0.4, -0.2) is 30.1 Å². The smallest absolute Gasteiger partial charge is 0.257 e. The number of carbonyl (C=O) groups is 2. The number of nitrogens with two attached hydrogens (primary N) is 1. The summed E-state index contributed by atoms with van der Waals surface area (Å²) in [7, 11) is 0. The van der Waals surface area contributed by atoms with Gasteiger partial charge >= 0.3 is 0 Å². The molecule has 0 atom stereocenters. The molecule has 0 saturated carbocycles. The first-order valence-corrected chi connectivity index (χ1v) is 11.6. The number of anilines is 1. The second-order valence-electron chi connectivity index (χ2n) is 7.00. The lowest BCUT2D eigenvalue weighted by molar-refractivity contribution is 0.0975. The van der Waals surface area contributed by atoms with E-state index < -0.39 is 5.91 Å². The molecule has 1 heterocycles. The topological polar surface area (TPSA) is 103 Å². The standard InChI is InChI=1S/C24H25N3O4S2/c1-3-19-15(2)33-23(20(19)21(25)28)27-24(32)26-22(29)16-9-11-18(12-10-16)31-14-13-30-17-7-5-4-6-8-17/h4-12H,3,13-14H2,1-2H3,(H2,25,28)(H2,26,27,29,32). The van der Waals surface area contributed by atoms with Crippen LogP contribution in [0, 0.1) is 6.92 Å². The number of hydrogen-bond acceptors (Lipinski definition) is 6. The molecule has 0 fully saturated rings. The Balaban J connectivity index is 1.51. The second-order valence-corrected chi connectivity index (χ2v) is 8.63. The van der Waals surface area contributed by atoms with Crippen molar-refractivity contribution in [1.29, 1.82) is 0 Å². The SMILES string of the molecule is CCc1c(C)sc(NC(=S)NC(=O)c2ccc(OCCOc3ccccc3)cc2)c1C(N)=O. The molecule has 0 bridgehead atoms. The van der Waals surface area contributed by atoms with Crippen LogP contribution in [0.15, 0.2) is 54.6 Å². The van der Waals surface area contributed by atoms with Gasteiger partial charge in [0.25, 0.3) is 11.8 Å². The Labute approximate surface area is 201 Å². The number of carbonyl (C=O) groups excluding carboxylic acids is 2. The molecule has 0 spiro atoms. The maximum atomic E-state index is 12.5. The Kier molecular flexibility index (Phi) is 8.39. The van der Waals surface area contributed by atoms with Crippen molar-refractivity contribution in [3.8, 4) is 11.5 Å². The molecule has 3 rings (SSSR count). The van der Waals surface area contributed by atoms with Crippen molar-refractivity contribution in [2.75, 3.05) is 18.5 Å². The highest BCUT2D eigenvalue weighted by Gasteiger charge is 2.20. The normalized spacial score (nSPS) is 10.4. The predicted molar refractivity (Wildman–Crippen MR) is 135 cm³/mol. The first-order valence-electron chi connectivity index (χ1n) is 10.3. The van der Waals surface area contributed by atoms with E-state index >= 15 is 0 Å². The number of thiophene rings is 1. The van der Waals surface area contributed by atoms with Gasteiger partial charge in [0, 0.05) is 10.4 Å². The molecular formula is C24H25N3O4S2. The Bertz CT molecular complexity index is 1130. The summed E-state index contributed by atoms with van der Waals surface area (Å²) in [4.78, 5) is 25.4. The van der Waals surface area contributed by atoms with E-state index in [0.717, 1.165) is 16.2 Å². The van der Waals surface area contributed by atoms with E-state index in [9.17, 15) is 9.59 Å². The van der Waals surface area contributed by atoms with Crippen LogP contribution in [0.4, 0.5) is 5.00 Å². The van der Waals surface area contributed by atoms with Crippen LogP contribution in [-0.2, 0) is 6.42 Å². The Morgan fingerprint density at radius 3 is 2.18 bits per heavy atom. The average molecular weight is 484 g/mol. The van der Waals surface area contributed by atoms with Gasteiger partial charge in [-0.2, -0.15) is 0 Å². The molecule has 2 aromatic carbocycles. The molecule has 33 heavy (non-hydrogen) atoms. The van der Waals surface area contributed by atoms with Gasteiger partial charge in [0.15, 0.2) is 5.11 Å². The summed E-state index contributed by atoms with van der Waals surface area (Å²) < 4.78 is 11.2. The van der Waals surface area contributed by atoms with Crippen LogP contribution < -0.4 is 25.8 Å². The minimum atomic E-state index is -0.530. The Hall–Kier alpha value is -3.43. The van der Waals surface area contributed by atoms with Crippen molar-refractivity contribution in [2.45, 2.75) is 20.3 Å². The van der Waals surface area contributed by atoms with Crippen LogP contribution >= 0.6 is 23.6 Å². The zero-order chi connectivity index (χ0) is 23.8. The van der Waals surface area contributed by atoms with E-state index in [4.69, 9.17) is 27.4 Å². The molecule has 3 aromatic rings. The molecule has 0 radical (unpaired) electrons. The summed E-state index contributed by atoms with van der Waals surface area (Å²) in [6.07, 6.45) is 0.675. The number of rotatable bonds is 9. The fourth-order valence-electron chi connectivity index (χ4n) is 3.20. The van der Waals surface area contributed by atoms with E-state index in [1.165, 1.54) is 11.3 Å². The number of amides is 2. The van der Waals surface area contributed by atoms with Crippen LogP contribution in [0.2, 0.25) is 0 Å². The van der Waals surface area contributed by atoms with Gasteiger partial charge in [-0.1, -0.05) is 25.1 Å². The third-order valence-corrected chi connectivity index (χ3v) is 6.01. The van der Waals surface area contributed by atoms with Gasteiger partial charge in [-0.3, -0.25) is 14.9 Å². The first kappa shape index (κ1) is 24.2. The van der Waals surface area contributed by atoms with E-state index in [2.05, 4.69) is 10.6 Å². The summed E-state index contributed by atoms with van der Waals surface area (Å²) in [5, 5.41) is 6.17. The molecule has 0 aliphatic rings. The molecular weight excluding hydrogens is 458 g/mol. The fraction of sp³-hybridized carbons (Fsp3) is 0.208. The lowest BCUT2D eigenvalue weighted by atomic mass is 10.1. The minimum Gasteiger partial charge on any atom is -0.490 e. The van der Waals surface area contributed by atoms with Crippen molar-refractivity contribution < 1.29 is 19.1 Å². The molecule has 2 amide bonds. The number of hydrogen-bond donors (Lipinski definition) is 3. The summed E-state index contributed by atoms with van der Waals surface area (Å²) >= 11 is 6.63. The van der Waals surface area contributed by atoms with Crippen LogP contribution in [0.3, 0.4) is 0 Å². The fourth-order valence-corrected chi connectivity index (χ4v) is 4.62. The molecule has 172 valence electrons. The van der Waals surface area contributed by atoms with Gasteiger partial charge in [0.2, 0.25) is 0 Å². The van der Waals surface area contributed by atoms with Crippen LogP contribution in [0.25, 0.3) is 0 Å². The maximum Gasteiger partial charge on any atom is 0.257 e. The summed E-state index contributed by atoms with van der Waals surface area (Å²) in [5.74, 6) is 0.495. The lowest BCUT2D eigenvalue weighted by Gasteiger charge is -2.11. The largest absolute Gasteiger partial charge is 0.490 e. The highest BCUT2D eigenvalue weighted by atomic mass is 32.1. The minimum absolute atomic E-state index is 0.0878. The molecule has 7 nitrogen and oxygen atoms in total. The predicted octanol–water partition coefficient (Wildman–Crippen LogP) is 4.30. The summed E-state index contributed by atoms with van der Waals surface area (Å²) in [5.41, 5.74) is 7.25. The number of benzene rings is 2. The third-order valence-electron chi connectivity index (χ3n) is 4.74. The number of para-hydroxylation sites is 1. The number of aryl methyl sites for hydroxylation is 1. The van der Waals surface area contributed by atoms with E-state index in [0.29, 0.717) is 41.5 Å². The van der Waals surface area contributed by atoms with Crippen LogP contribution in [0.5, 0.6) is 11.5 Å². The molecule has 9 heteroatoms. The Morgan fingerprint density at radius 1 is 1.00 bits per heavy atom. The van der Waals surface area contributed by atoms with Crippen LogP contribution in [0.1, 0.15) is 38.1 Å². The van der Waals surface area contributed by atoms with Gasteiger partial charge in [0.1, 0.15) is 29.7 Å². The van der Waals surface area contributed by atoms with E-state index in [1.54, 1.807) is 24.3 Å². The van der Waals surface area contributed by atoms with Gasteiger partial charge in [0.05, 0.1) is 5.56 Å². The maximum absolute atomic E-state index is 12.5. The number of thiocarbonyl (C=S) groups is 1.